The quantitative estimate of drug-likeness (QED) is 0.445. The molecule has 0 aliphatic carbocycles. The molecular formula is C23H25N9O2. The fourth-order valence-electron chi connectivity index (χ4n) is 4.09. The molecule has 0 aromatic carbocycles. The highest BCUT2D eigenvalue weighted by atomic mass is 16.5. The number of nitrogens with one attached hydrogen (secondary N) is 1. The van der Waals surface area contributed by atoms with Crippen LogP contribution in [0.15, 0.2) is 36.9 Å². The van der Waals surface area contributed by atoms with Crippen LogP contribution in [0.2, 0.25) is 0 Å². The Hall–Kier alpha value is -3.88. The van der Waals surface area contributed by atoms with E-state index in [1.54, 1.807) is 27.8 Å². The van der Waals surface area contributed by atoms with E-state index in [0.29, 0.717) is 22.7 Å². The molecule has 174 valence electrons. The summed E-state index contributed by atoms with van der Waals surface area (Å²) in [6.45, 7) is 4.11. The number of fused-ring (bicyclic) bond motifs is 1. The van der Waals surface area contributed by atoms with Crippen LogP contribution in [0.25, 0.3) is 28.1 Å². The number of pyridine rings is 2. The fraction of sp³-hybridized carbons (Fsp3) is 0.391. The van der Waals surface area contributed by atoms with Crippen molar-refractivity contribution in [2.75, 3.05) is 11.9 Å². The van der Waals surface area contributed by atoms with Crippen molar-refractivity contribution in [3.63, 3.8) is 0 Å². The summed E-state index contributed by atoms with van der Waals surface area (Å²) in [5.74, 6) is 0.591. The van der Waals surface area contributed by atoms with Gasteiger partial charge in [-0.05, 0) is 39.2 Å². The number of rotatable bonds is 6. The van der Waals surface area contributed by atoms with Gasteiger partial charge in [-0.25, -0.2) is 14.6 Å². The molecule has 1 fully saturated rings. The predicted molar refractivity (Wildman–Crippen MR) is 124 cm³/mol. The van der Waals surface area contributed by atoms with Crippen molar-refractivity contribution in [2.24, 2.45) is 0 Å². The number of hydrogen-bond acceptors (Lipinski definition) is 9. The molecule has 11 nitrogen and oxygen atoms in total. The molecule has 5 rings (SSSR count). The van der Waals surface area contributed by atoms with E-state index in [2.05, 4.69) is 50.6 Å². The number of ether oxygens (including phenoxy) is 1. The number of nitrogens with zero attached hydrogens (tertiary/aromatic N) is 8. The first-order chi connectivity index (χ1) is 16.6. The van der Waals surface area contributed by atoms with Gasteiger partial charge in [0.1, 0.15) is 11.8 Å². The van der Waals surface area contributed by atoms with Gasteiger partial charge in [0.25, 0.3) is 0 Å². The Morgan fingerprint density at radius 2 is 2.12 bits per heavy atom. The Bertz CT molecular complexity index is 1350. The van der Waals surface area contributed by atoms with Crippen LogP contribution in [0.4, 0.5) is 5.69 Å². The lowest BCUT2D eigenvalue weighted by molar-refractivity contribution is -0.112. The minimum atomic E-state index is -0.249. The van der Waals surface area contributed by atoms with Crippen molar-refractivity contribution < 1.29 is 9.84 Å². The summed E-state index contributed by atoms with van der Waals surface area (Å²) in [7, 11) is 0. The Balaban J connectivity index is 1.50. The second-order valence-corrected chi connectivity index (χ2v) is 8.60. The molecule has 0 bridgehead atoms. The Kier molecular flexibility index (Phi) is 5.91. The van der Waals surface area contributed by atoms with E-state index in [4.69, 9.17) is 10.00 Å². The molecule has 1 saturated heterocycles. The van der Waals surface area contributed by atoms with Gasteiger partial charge in [0.15, 0.2) is 17.7 Å². The maximum Gasteiger partial charge on any atom is 0.164 e. The van der Waals surface area contributed by atoms with Gasteiger partial charge in [0, 0.05) is 41.1 Å². The van der Waals surface area contributed by atoms with E-state index in [1.165, 1.54) is 6.20 Å². The van der Waals surface area contributed by atoms with E-state index in [0.717, 1.165) is 35.9 Å². The summed E-state index contributed by atoms with van der Waals surface area (Å²) < 4.78 is 9.29. The topological polar surface area (TPSA) is 140 Å². The second kappa shape index (κ2) is 9.17. The zero-order valence-electron chi connectivity index (χ0n) is 19.0. The molecule has 0 spiro atoms. The predicted octanol–water partition coefficient (Wildman–Crippen LogP) is 2.83. The molecule has 2 unspecified atom stereocenters. The highest BCUT2D eigenvalue weighted by Crippen LogP contribution is 2.31. The summed E-state index contributed by atoms with van der Waals surface area (Å²) in [6.07, 6.45) is 8.98. The highest BCUT2D eigenvalue weighted by Gasteiger charge is 2.25. The van der Waals surface area contributed by atoms with E-state index < -0.39 is 0 Å². The van der Waals surface area contributed by atoms with Crippen molar-refractivity contribution in [1.29, 1.82) is 5.26 Å². The minimum Gasteiger partial charge on any atom is -0.394 e. The van der Waals surface area contributed by atoms with E-state index in [1.807, 2.05) is 12.3 Å². The molecule has 5 heterocycles. The largest absolute Gasteiger partial charge is 0.394 e. The van der Waals surface area contributed by atoms with Crippen molar-refractivity contribution in [3.8, 4) is 23.1 Å². The number of aromatic nitrogens is 7. The first kappa shape index (κ1) is 21.9. The van der Waals surface area contributed by atoms with Crippen molar-refractivity contribution in [1.82, 2.24) is 34.7 Å². The Morgan fingerprint density at radius 1 is 1.24 bits per heavy atom. The summed E-state index contributed by atoms with van der Waals surface area (Å²) in [4.78, 5) is 9.01. The van der Waals surface area contributed by atoms with Gasteiger partial charge in [-0.1, -0.05) is 5.21 Å². The third kappa shape index (κ3) is 4.21. The normalized spacial score (nSPS) is 18.3. The number of aliphatic hydroxyl groups excluding tert-OH is 1. The number of aliphatic hydroxyl groups is 1. The Morgan fingerprint density at radius 3 is 2.91 bits per heavy atom. The van der Waals surface area contributed by atoms with Crippen LogP contribution in [0.1, 0.15) is 44.9 Å². The monoisotopic (exact) mass is 459 g/mol. The average Bonchev–Trinajstić information content (AvgIpc) is 3.51. The molecular weight excluding hydrogens is 434 g/mol. The van der Waals surface area contributed by atoms with Gasteiger partial charge >= 0.3 is 0 Å². The number of nitriles is 1. The van der Waals surface area contributed by atoms with Crippen LogP contribution >= 0.6 is 0 Å². The molecule has 4 aromatic rings. The minimum absolute atomic E-state index is 0.000680. The van der Waals surface area contributed by atoms with Crippen LogP contribution in [-0.2, 0) is 4.74 Å². The van der Waals surface area contributed by atoms with Crippen LogP contribution in [0.3, 0.4) is 0 Å². The second-order valence-electron chi connectivity index (χ2n) is 8.60. The lowest BCUT2D eigenvalue weighted by Gasteiger charge is -2.28. The molecule has 2 atom stereocenters. The molecule has 1 aliphatic heterocycles. The van der Waals surface area contributed by atoms with Gasteiger partial charge in [-0.2, -0.15) is 15.0 Å². The van der Waals surface area contributed by atoms with Crippen molar-refractivity contribution in [2.45, 2.75) is 51.5 Å². The highest BCUT2D eigenvalue weighted by molar-refractivity contribution is 5.79. The molecule has 4 aromatic heterocycles. The summed E-state index contributed by atoms with van der Waals surface area (Å²) in [5, 5.41) is 35.9. The zero-order valence-corrected chi connectivity index (χ0v) is 19.0. The Labute approximate surface area is 196 Å². The molecule has 0 amide bonds. The lowest BCUT2D eigenvalue weighted by atomic mass is 10.1. The van der Waals surface area contributed by atoms with Gasteiger partial charge in [-0.3, -0.25) is 0 Å². The van der Waals surface area contributed by atoms with Gasteiger partial charge in [-0.15, -0.1) is 5.10 Å². The molecule has 1 aliphatic rings. The van der Waals surface area contributed by atoms with E-state index >= 15 is 0 Å². The SMILES string of the molecule is CC(C)Nc1cc(-n2ncc3cc(C#N)cnc32)ncc1-c1cn(C2CCCC(CO)O2)nn1. The third-order valence-electron chi connectivity index (χ3n) is 5.70. The lowest BCUT2D eigenvalue weighted by Crippen LogP contribution is -2.28. The fourth-order valence-corrected chi connectivity index (χ4v) is 4.09. The van der Waals surface area contributed by atoms with E-state index in [9.17, 15) is 5.11 Å². The molecule has 11 heteroatoms. The van der Waals surface area contributed by atoms with Crippen molar-refractivity contribution >= 4 is 16.7 Å². The summed E-state index contributed by atoms with van der Waals surface area (Å²) in [5.41, 5.74) is 3.40. The van der Waals surface area contributed by atoms with Crippen molar-refractivity contribution in [3.05, 3.63) is 42.5 Å². The number of anilines is 1. The first-order valence-corrected chi connectivity index (χ1v) is 11.2. The van der Waals surface area contributed by atoms with E-state index in [-0.39, 0.29) is 25.0 Å². The first-order valence-electron chi connectivity index (χ1n) is 11.2. The maximum atomic E-state index is 9.44. The molecule has 0 saturated carbocycles. The standard InChI is InChI=1S/C23H25N9O2/c1-14(2)28-19-7-21(32-23-16(10-27-32)6-15(8-24)9-26-23)25-11-18(19)20-12-31(30-29-20)22-5-3-4-17(13-33)34-22/h6-7,9-12,14,17,22,33H,3-5,13H2,1-2H3,(H,25,28). The number of hydrogen-bond donors (Lipinski definition) is 2. The summed E-state index contributed by atoms with van der Waals surface area (Å²) >= 11 is 0. The molecule has 0 radical (unpaired) electrons. The van der Waals surface area contributed by atoms with Crippen LogP contribution in [-0.4, -0.2) is 58.6 Å². The zero-order chi connectivity index (χ0) is 23.7. The van der Waals surface area contributed by atoms with Gasteiger partial charge in [0.2, 0.25) is 0 Å². The third-order valence-corrected chi connectivity index (χ3v) is 5.70. The van der Waals surface area contributed by atoms with Crippen LogP contribution in [0.5, 0.6) is 0 Å². The maximum absolute atomic E-state index is 9.44. The van der Waals surface area contributed by atoms with Gasteiger partial charge in [0.05, 0.1) is 30.7 Å². The smallest absolute Gasteiger partial charge is 0.164 e. The molecule has 2 N–H and O–H groups in total. The molecule has 34 heavy (non-hydrogen) atoms. The van der Waals surface area contributed by atoms with Gasteiger partial charge < -0.3 is 15.2 Å². The van der Waals surface area contributed by atoms with Crippen LogP contribution < -0.4 is 5.32 Å². The summed E-state index contributed by atoms with van der Waals surface area (Å²) in [6, 6.07) is 5.92. The van der Waals surface area contributed by atoms with Crippen LogP contribution in [0, 0.1) is 11.3 Å². The average molecular weight is 460 g/mol.